The van der Waals surface area contributed by atoms with Gasteiger partial charge in [-0.15, -0.1) is 4.99 Å². The van der Waals surface area contributed by atoms with Crippen molar-refractivity contribution in [3.05, 3.63) is 17.7 Å². The molecule has 0 N–H and O–H groups in total. The second-order valence-corrected chi connectivity index (χ2v) is 1.35. The Morgan fingerprint density at radius 2 is 2.67 bits per heavy atom. The molecule has 0 fully saturated rings. The van der Waals surface area contributed by atoms with Crippen molar-refractivity contribution < 1.29 is 0 Å². The summed E-state index contributed by atoms with van der Waals surface area (Å²) in [6.45, 7) is 0. The van der Waals surface area contributed by atoms with Crippen molar-refractivity contribution >= 4 is 17.8 Å². The number of aliphatic imine (C=N–C) groups is 1. The average molecular weight is 101 g/mol. The fourth-order valence-corrected chi connectivity index (χ4v) is 0.409. The van der Waals surface area contributed by atoms with E-state index >= 15 is 0 Å². The Hall–Kier alpha value is -0.430. The van der Waals surface area contributed by atoms with E-state index < -0.39 is 0 Å². The molecule has 0 aromatic heterocycles. The standard InChI is InChI=1S/C4H3ClN/c5-4-2-1-3-6-4/h1-3H/q+1. The molecule has 0 atom stereocenters. The van der Waals surface area contributed by atoms with E-state index in [4.69, 9.17) is 11.6 Å². The van der Waals surface area contributed by atoms with E-state index in [1.807, 2.05) is 0 Å². The fraction of sp³-hybridized carbons (Fsp3) is 0. The molecule has 30 valence electrons. The van der Waals surface area contributed by atoms with Gasteiger partial charge in [-0.05, 0) is 0 Å². The number of nitrogens with zero attached hydrogens (tertiary/aromatic N) is 1. The third-order valence-corrected chi connectivity index (χ3v) is 0.741. The minimum atomic E-state index is 0.565. The van der Waals surface area contributed by atoms with Crippen molar-refractivity contribution in [2.24, 2.45) is 4.99 Å². The van der Waals surface area contributed by atoms with Gasteiger partial charge in [-0.3, -0.25) is 0 Å². The number of hydrogen-bond donors (Lipinski definition) is 0. The van der Waals surface area contributed by atoms with E-state index in [9.17, 15) is 0 Å². The van der Waals surface area contributed by atoms with E-state index in [1.54, 1.807) is 18.7 Å². The SMILES string of the molecule is ClC1=C[CH+]C=N1. The molecule has 1 heterocycles. The summed E-state index contributed by atoms with van der Waals surface area (Å²) in [4.78, 5) is 3.68. The molecular formula is C4H3ClN+. The Morgan fingerprint density at radius 3 is 2.83 bits per heavy atom. The van der Waals surface area contributed by atoms with Crippen molar-refractivity contribution in [3.8, 4) is 0 Å². The van der Waals surface area contributed by atoms with Crippen LogP contribution < -0.4 is 0 Å². The topological polar surface area (TPSA) is 12.4 Å². The molecule has 0 aromatic carbocycles. The first-order valence-electron chi connectivity index (χ1n) is 1.63. The van der Waals surface area contributed by atoms with Crippen LogP contribution in [0.25, 0.3) is 0 Å². The highest BCUT2D eigenvalue weighted by molar-refractivity contribution is 6.30. The van der Waals surface area contributed by atoms with Gasteiger partial charge < -0.3 is 0 Å². The Labute approximate surface area is 41.3 Å². The zero-order valence-corrected chi connectivity index (χ0v) is 3.81. The maximum absolute atomic E-state index is 5.34. The van der Waals surface area contributed by atoms with Gasteiger partial charge in [0, 0.05) is 0 Å². The Morgan fingerprint density at radius 1 is 1.83 bits per heavy atom. The van der Waals surface area contributed by atoms with Crippen LogP contribution in [-0.4, -0.2) is 6.21 Å². The molecule has 0 saturated heterocycles. The van der Waals surface area contributed by atoms with Crippen LogP contribution in [0.3, 0.4) is 0 Å². The molecule has 1 aliphatic rings. The van der Waals surface area contributed by atoms with Crippen LogP contribution >= 0.6 is 11.6 Å². The van der Waals surface area contributed by atoms with Crippen LogP contribution in [0.2, 0.25) is 0 Å². The molecule has 0 aromatic rings. The largest absolute Gasteiger partial charge is 0.271 e. The quantitative estimate of drug-likeness (QED) is 0.322. The Balaban J connectivity index is 2.68. The minimum absolute atomic E-state index is 0.565. The summed E-state index contributed by atoms with van der Waals surface area (Å²) in [5.41, 5.74) is 0. The van der Waals surface area contributed by atoms with Crippen molar-refractivity contribution in [2.45, 2.75) is 0 Å². The third kappa shape index (κ3) is 0.546. The summed E-state index contributed by atoms with van der Waals surface area (Å²) >= 11 is 5.34. The van der Waals surface area contributed by atoms with E-state index in [0.29, 0.717) is 5.16 Å². The van der Waals surface area contributed by atoms with E-state index in [-0.39, 0.29) is 0 Å². The fourth-order valence-electron chi connectivity index (χ4n) is 0.280. The van der Waals surface area contributed by atoms with Crippen LogP contribution in [0, 0.1) is 6.42 Å². The van der Waals surface area contributed by atoms with Gasteiger partial charge in [0.2, 0.25) is 0 Å². The van der Waals surface area contributed by atoms with Gasteiger partial charge in [0.15, 0.2) is 0 Å². The molecule has 6 heavy (non-hydrogen) atoms. The lowest BCUT2D eigenvalue weighted by atomic mass is 10.5. The molecule has 0 spiro atoms. The lowest BCUT2D eigenvalue weighted by Gasteiger charge is -1.54. The maximum atomic E-state index is 5.34. The van der Waals surface area contributed by atoms with Crippen LogP contribution in [0.5, 0.6) is 0 Å². The van der Waals surface area contributed by atoms with Crippen molar-refractivity contribution in [1.29, 1.82) is 0 Å². The van der Waals surface area contributed by atoms with Crippen molar-refractivity contribution in [3.63, 3.8) is 0 Å². The van der Waals surface area contributed by atoms with Gasteiger partial charge >= 0.3 is 0 Å². The molecule has 0 bridgehead atoms. The molecule has 0 unspecified atom stereocenters. The number of rotatable bonds is 0. The first-order chi connectivity index (χ1) is 2.89. The molecule has 0 amide bonds. The zero-order chi connectivity index (χ0) is 4.41. The lowest BCUT2D eigenvalue weighted by Crippen LogP contribution is -1.54. The number of halogens is 1. The average Bonchev–Trinajstić information content (AvgIpc) is 1.86. The first kappa shape index (κ1) is 3.75. The second kappa shape index (κ2) is 1.35. The van der Waals surface area contributed by atoms with E-state index in [1.165, 1.54) is 0 Å². The molecule has 1 aliphatic heterocycles. The molecule has 0 saturated carbocycles. The molecule has 1 rings (SSSR count). The van der Waals surface area contributed by atoms with E-state index in [0.717, 1.165) is 0 Å². The summed E-state index contributed by atoms with van der Waals surface area (Å²) < 4.78 is 0. The Bertz CT molecular complexity index is 101. The van der Waals surface area contributed by atoms with Crippen LogP contribution in [0.15, 0.2) is 16.2 Å². The van der Waals surface area contributed by atoms with Gasteiger partial charge in [-0.25, -0.2) is 0 Å². The van der Waals surface area contributed by atoms with Gasteiger partial charge in [0.25, 0.3) is 5.16 Å². The van der Waals surface area contributed by atoms with Gasteiger partial charge in [-0.1, -0.05) is 0 Å². The molecule has 1 nitrogen and oxygen atoms in total. The summed E-state index contributed by atoms with van der Waals surface area (Å²) in [6, 6.07) is 0. The van der Waals surface area contributed by atoms with Crippen molar-refractivity contribution in [2.75, 3.05) is 0 Å². The predicted molar refractivity (Wildman–Crippen MR) is 26.7 cm³/mol. The summed E-state index contributed by atoms with van der Waals surface area (Å²) in [5.74, 6) is 0. The summed E-state index contributed by atoms with van der Waals surface area (Å²) in [5, 5.41) is 0.565. The Kier molecular flexibility index (Phi) is 0.843. The highest BCUT2D eigenvalue weighted by atomic mass is 35.5. The first-order valence-corrected chi connectivity index (χ1v) is 2.00. The van der Waals surface area contributed by atoms with Gasteiger partial charge in [-0.2, -0.15) is 0 Å². The predicted octanol–water partition coefficient (Wildman–Crippen LogP) is 1.36. The summed E-state index contributed by atoms with van der Waals surface area (Å²) in [6.07, 6.45) is 5.19. The van der Waals surface area contributed by atoms with Crippen LogP contribution in [0.4, 0.5) is 0 Å². The smallest absolute Gasteiger partial charge is 0.125 e. The monoisotopic (exact) mass is 100.0 g/mol. The number of allylic oxidation sites excluding steroid dienone is 1. The molecule has 0 aliphatic carbocycles. The lowest BCUT2D eigenvalue weighted by molar-refractivity contribution is 1.58. The molecule has 2 heteroatoms. The summed E-state index contributed by atoms with van der Waals surface area (Å²) in [7, 11) is 0. The second-order valence-electron chi connectivity index (χ2n) is 0.960. The third-order valence-electron chi connectivity index (χ3n) is 0.518. The van der Waals surface area contributed by atoms with Gasteiger partial charge in [0.05, 0.1) is 18.0 Å². The number of hydrogen-bond acceptors (Lipinski definition) is 1. The zero-order valence-electron chi connectivity index (χ0n) is 3.06. The van der Waals surface area contributed by atoms with E-state index in [2.05, 4.69) is 4.99 Å². The van der Waals surface area contributed by atoms with Gasteiger partial charge in [0.1, 0.15) is 12.3 Å². The highest BCUT2D eigenvalue weighted by Gasteiger charge is 2.02. The van der Waals surface area contributed by atoms with Crippen LogP contribution in [0.1, 0.15) is 0 Å². The highest BCUT2D eigenvalue weighted by Crippen LogP contribution is 2.06. The normalized spacial score (nSPS) is 17.2. The molecular weight excluding hydrogens is 97.5 g/mol. The maximum Gasteiger partial charge on any atom is 0.271 e. The van der Waals surface area contributed by atoms with Crippen LogP contribution in [-0.2, 0) is 0 Å². The minimum Gasteiger partial charge on any atom is -0.125 e. The van der Waals surface area contributed by atoms with Crippen molar-refractivity contribution in [1.82, 2.24) is 0 Å². The molecule has 0 radical (unpaired) electrons.